The number of aliphatic imine (C=N–C) groups is 1. The maximum absolute atomic E-state index is 13.7. The number of hydrogen-bond acceptors (Lipinski definition) is 4. The molecule has 3 aromatic heterocycles. The van der Waals surface area contributed by atoms with Crippen LogP contribution in [-0.4, -0.2) is 16.7 Å². The zero-order valence-corrected chi connectivity index (χ0v) is 26.1. The number of aromatic nitrogens is 1. The van der Waals surface area contributed by atoms with Crippen molar-refractivity contribution >= 4 is 51.0 Å². The molecule has 1 N–H and O–H groups in total. The molecule has 3 heterocycles. The first-order valence-electron chi connectivity index (χ1n) is 14.5. The van der Waals surface area contributed by atoms with Crippen LogP contribution < -0.4 is 5.32 Å². The Hall–Kier alpha value is -3.61. The summed E-state index contributed by atoms with van der Waals surface area (Å²) in [6, 6.07) is 20.1. The molecular weight excluding hydrogens is 562 g/mol. The van der Waals surface area contributed by atoms with Gasteiger partial charge < -0.3 is 14.3 Å². The SMILES string of the molecule is Cc1c(C=Nc2sc3c(c2C(=O)NCc2ccco2)CC[C@H](C(C)(C)C)C3)c2ccccc2n1Cc1ccccc1Cl. The minimum absolute atomic E-state index is 0.0943. The topological polar surface area (TPSA) is 59.5 Å². The number of amides is 1. The number of carbonyl (C=O) groups is 1. The summed E-state index contributed by atoms with van der Waals surface area (Å²) in [5.41, 5.74) is 6.45. The maximum atomic E-state index is 13.7. The molecule has 0 fully saturated rings. The minimum atomic E-state index is -0.0943. The summed E-state index contributed by atoms with van der Waals surface area (Å²) in [6.45, 7) is 10.1. The lowest BCUT2D eigenvalue weighted by molar-refractivity contribution is 0.0947. The molecule has 0 saturated heterocycles. The number of nitrogens with one attached hydrogen (secondary N) is 1. The molecule has 0 saturated carbocycles. The quantitative estimate of drug-likeness (QED) is 0.190. The average Bonchev–Trinajstić information content (AvgIpc) is 3.68. The zero-order valence-electron chi connectivity index (χ0n) is 24.5. The lowest BCUT2D eigenvalue weighted by atomic mass is 9.72. The first kappa shape index (κ1) is 28.5. The number of halogens is 1. The smallest absolute Gasteiger partial charge is 0.255 e. The molecule has 1 atom stereocenters. The van der Waals surface area contributed by atoms with E-state index in [0.717, 1.165) is 68.3 Å². The van der Waals surface area contributed by atoms with Gasteiger partial charge in [0.15, 0.2) is 0 Å². The molecule has 1 amide bonds. The summed E-state index contributed by atoms with van der Waals surface area (Å²) in [6.07, 6.45) is 6.52. The van der Waals surface area contributed by atoms with Gasteiger partial charge in [0.05, 0.1) is 18.4 Å². The van der Waals surface area contributed by atoms with E-state index >= 15 is 0 Å². The monoisotopic (exact) mass is 597 g/mol. The predicted octanol–water partition coefficient (Wildman–Crippen LogP) is 9.14. The summed E-state index contributed by atoms with van der Waals surface area (Å²) < 4.78 is 7.75. The van der Waals surface area contributed by atoms with Crippen LogP contribution in [0.2, 0.25) is 5.02 Å². The van der Waals surface area contributed by atoms with Gasteiger partial charge in [-0.25, -0.2) is 4.99 Å². The number of furan rings is 1. The van der Waals surface area contributed by atoms with E-state index in [1.807, 2.05) is 36.5 Å². The third-order valence-electron chi connectivity index (χ3n) is 8.58. The van der Waals surface area contributed by atoms with Gasteiger partial charge in [-0.1, -0.05) is 68.8 Å². The molecule has 1 aliphatic carbocycles. The first-order valence-corrected chi connectivity index (χ1v) is 15.7. The van der Waals surface area contributed by atoms with Crippen molar-refractivity contribution in [3.8, 4) is 0 Å². The van der Waals surface area contributed by atoms with Gasteiger partial charge in [-0.3, -0.25) is 4.79 Å². The van der Waals surface area contributed by atoms with Gasteiger partial charge in [0.25, 0.3) is 5.91 Å². The van der Waals surface area contributed by atoms with E-state index in [4.69, 9.17) is 21.0 Å². The van der Waals surface area contributed by atoms with Gasteiger partial charge in [-0.05, 0) is 72.9 Å². The van der Waals surface area contributed by atoms with E-state index in [-0.39, 0.29) is 11.3 Å². The zero-order chi connectivity index (χ0) is 29.4. The Morgan fingerprint density at radius 1 is 1.14 bits per heavy atom. The number of fused-ring (bicyclic) bond motifs is 2. The van der Waals surface area contributed by atoms with Gasteiger partial charge >= 0.3 is 0 Å². The Morgan fingerprint density at radius 2 is 1.93 bits per heavy atom. The highest BCUT2D eigenvalue weighted by Gasteiger charge is 2.33. The van der Waals surface area contributed by atoms with Gasteiger partial charge in [0.1, 0.15) is 10.8 Å². The van der Waals surface area contributed by atoms with Crippen LogP contribution in [0.1, 0.15) is 70.6 Å². The first-order chi connectivity index (χ1) is 20.2. The molecule has 0 aliphatic heterocycles. The number of rotatable bonds is 7. The molecule has 5 nitrogen and oxygen atoms in total. The normalized spacial score (nSPS) is 15.4. The fourth-order valence-electron chi connectivity index (χ4n) is 6.05. The molecule has 216 valence electrons. The third kappa shape index (κ3) is 5.58. The van der Waals surface area contributed by atoms with Gasteiger partial charge in [0, 0.05) is 44.8 Å². The Labute approximate surface area is 256 Å². The standard InChI is InChI=1S/C35H36ClN3O2S/c1-22-28(26-12-6-8-14-30(26)39(22)21-23-10-5-7-13-29(23)36)20-38-34-32(33(40)37-19-25-11-9-17-41-25)27-16-15-24(35(2,3)4)18-31(27)42-34/h5-14,17,20,24H,15-16,18-19,21H2,1-4H3,(H,37,40)/t24-/m0/s1. The second-order valence-corrected chi connectivity index (χ2v) is 13.7. The fourth-order valence-corrected chi connectivity index (χ4v) is 7.51. The van der Waals surface area contributed by atoms with Crippen LogP contribution in [0.15, 0.2) is 76.3 Å². The second kappa shape index (κ2) is 11.6. The summed E-state index contributed by atoms with van der Waals surface area (Å²) in [4.78, 5) is 20.0. The van der Waals surface area contributed by atoms with E-state index in [1.165, 1.54) is 4.88 Å². The highest BCUT2D eigenvalue weighted by molar-refractivity contribution is 7.16. The van der Waals surface area contributed by atoms with Gasteiger partial charge in [-0.2, -0.15) is 0 Å². The van der Waals surface area contributed by atoms with Crippen molar-refractivity contribution in [3.05, 3.63) is 111 Å². The van der Waals surface area contributed by atoms with Gasteiger partial charge in [0.2, 0.25) is 0 Å². The van der Waals surface area contributed by atoms with Crippen molar-refractivity contribution in [2.45, 2.75) is 60.0 Å². The van der Waals surface area contributed by atoms with Crippen LogP contribution in [0, 0.1) is 18.3 Å². The molecule has 0 spiro atoms. The molecule has 5 aromatic rings. The van der Waals surface area contributed by atoms with E-state index in [2.05, 4.69) is 67.9 Å². The third-order valence-corrected chi connectivity index (χ3v) is 10.1. The van der Waals surface area contributed by atoms with E-state index in [1.54, 1.807) is 17.6 Å². The summed E-state index contributed by atoms with van der Waals surface area (Å²) in [5, 5.41) is 5.74. The Kier molecular flexibility index (Phi) is 7.86. The molecule has 6 rings (SSSR count). The van der Waals surface area contributed by atoms with Crippen LogP contribution in [0.5, 0.6) is 0 Å². The Balaban J connectivity index is 1.39. The van der Waals surface area contributed by atoms with Crippen LogP contribution in [-0.2, 0) is 25.9 Å². The molecule has 2 aromatic carbocycles. The highest BCUT2D eigenvalue weighted by atomic mass is 35.5. The molecule has 42 heavy (non-hydrogen) atoms. The largest absolute Gasteiger partial charge is 0.467 e. The number of nitrogens with zero attached hydrogens (tertiary/aromatic N) is 2. The Bertz CT molecular complexity index is 1770. The summed E-state index contributed by atoms with van der Waals surface area (Å²) in [5.74, 6) is 1.21. The molecule has 0 radical (unpaired) electrons. The van der Waals surface area contributed by atoms with Crippen molar-refractivity contribution in [2.24, 2.45) is 16.3 Å². The Morgan fingerprint density at radius 3 is 2.69 bits per heavy atom. The van der Waals surface area contributed by atoms with Crippen molar-refractivity contribution in [2.75, 3.05) is 0 Å². The van der Waals surface area contributed by atoms with Crippen LogP contribution in [0.4, 0.5) is 5.00 Å². The van der Waals surface area contributed by atoms with Crippen molar-refractivity contribution in [3.63, 3.8) is 0 Å². The summed E-state index contributed by atoms with van der Waals surface area (Å²) in [7, 11) is 0. The van der Waals surface area contributed by atoms with Crippen molar-refractivity contribution < 1.29 is 9.21 Å². The maximum Gasteiger partial charge on any atom is 0.255 e. The second-order valence-electron chi connectivity index (χ2n) is 12.2. The molecule has 0 bridgehead atoms. The van der Waals surface area contributed by atoms with Gasteiger partial charge in [-0.15, -0.1) is 11.3 Å². The number of para-hydroxylation sites is 1. The average molecular weight is 598 g/mol. The number of benzene rings is 2. The van der Waals surface area contributed by atoms with Crippen LogP contribution in [0.3, 0.4) is 0 Å². The van der Waals surface area contributed by atoms with Crippen molar-refractivity contribution in [1.82, 2.24) is 9.88 Å². The van der Waals surface area contributed by atoms with E-state index in [9.17, 15) is 4.79 Å². The lowest BCUT2D eigenvalue weighted by Gasteiger charge is -2.33. The van der Waals surface area contributed by atoms with E-state index in [0.29, 0.717) is 24.6 Å². The fraction of sp³-hybridized carbons (Fsp3) is 0.314. The van der Waals surface area contributed by atoms with Crippen LogP contribution >= 0.6 is 22.9 Å². The minimum Gasteiger partial charge on any atom is -0.467 e. The number of thiophene rings is 1. The number of hydrogen-bond donors (Lipinski definition) is 1. The molecular formula is C35H36ClN3O2S. The number of carbonyl (C=O) groups excluding carboxylic acids is 1. The highest BCUT2D eigenvalue weighted by Crippen LogP contribution is 2.45. The predicted molar refractivity (Wildman–Crippen MR) is 174 cm³/mol. The lowest BCUT2D eigenvalue weighted by Crippen LogP contribution is -2.28. The van der Waals surface area contributed by atoms with Crippen LogP contribution in [0.25, 0.3) is 10.9 Å². The molecule has 1 aliphatic rings. The molecule has 7 heteroatoms. The van der Waals surface area contributed by atoms with E-state index < -0.39 is 0 Å². The van der Waals surface area contributed by atoms with Crippen molar-refractivity contribution in [1.29, 1.82) is 0 Å². The molecule has 0 unspecified atom stereocenters. The summed E-state index contributed by atoms with van der Waals surface area (Å²) >= 11 is 8.21.